The van der Waals surface area contributed by atoms with Crippen molar-refractivity contribution < 1.29 is 4.42 Å². The third kappa shape index (κ3) is 5.16. The topological polar surface area (TPSA) is 16.4 Å². The molecule has 0 bridgehead atoms. The highest BCUT2D eigenvalue weighted by Crippen LogP contribution is 2.50. The maximum Gasteiger partial charge on any atom is 0.159 e. The first-order valence-electron chi connectivity index (χ1n) is 19.6. The predicted molar refractivity (Wildman–Crippen MR) is 250 cm³/mol. The van der Waals surface area contributed by atoms with Gasteiger partial charge in [0.25, 0.3) is 0 Å². The van der Waals surface area contributed by atoms with E-state index in [-0.39, 0.29) is 0 Å². The van der Waals surface area contributed by atoms with Crippen LogP contribution in [0.5, 0.6) is 0 Å². The Morgan fingerprint density at radius 1 is 0.345 bits per heavy atom. The lowest BCUT2D eigenvalue weighted by molar-refractivity contribution is 0.669. The lowest BCUT2D eigenvalue weighted by atomic mass is 9.97. The molecule has 2 nitrogen and oxygen atoms in total. The van der Waals surface area contributed by atoms with Crippen molar-refractivity contribution in [2.75, 3.05) is 4.90 Å². The van der Waals surface area contributed by atoms with Crippen LogP contribution in [0, 0.1) is 0 Å². The monoisotopic (exact) mass is 775 g/mol. The van der Waals surface area contributed by atoms with E-state index in [2.05, 4.69) is 199 Å². The molecule has 3 heterocycles. The van der Waals surface area contributed by atoms with E-state index in [1.54, 1.807) is 0 Å². The summed E-state index contributed by atoms with van der Waals surface area (Å²) in [5, 5.41) is 7.35. The number of thiophene rings is 2. The van der Waals surface area contributed by atoms with Crippen molar-refractivity contribution in [1.82, 2.24) is 0 Å². The van der Waals surface area contributed by atoms with E-state index in [1.165, 1.54) is 73.7 Å². The highest BCUT2D eigenvalue weighted by molar-refractivity contribution is 7.27. The van der Waals surface area contributed by atoms with Crippen molar-refractivity contribution in [2.45, 2.75) is 0 Å². The van der Waals surface area contributed by atoms with Gasteiger partial charge in [-0.2, -0.15) is 0 Å². The molecule has 0 aliphatic carbocycles. The second-order valence-corrected chi connectivity index (χ2v) is 16.8. The van der Waals surface area contributed by atoms with Gasteiger partial charge in [0.2, 0.25) is 0 Å². The SMILES string of the molecule is c1ccc(-c2cccc3c2sc2c(N(c4ccc(-c5cccc6sc7c(-c8ccccc8)cccc7c56)cc4)c4cccc5c4oc4ccccc45)cccc23)cc1. The highest BCUT2D eigenvalue weighted by Gasteiger charge is 2.23. The molecule has 0 aliphatic rings. The van der Waals surface area contributed by atoms with E-state index in [0.717, 1.165) is 39.0 Å². The fraction of sp³-hybridized carbons (Fsp3) is 0. The predicted octanol–water partition coefficient (Wildman–Crippen LogP) is 16.8. The minimum absolute atomic E-state index is 0.875. The van der Waals surface area contributed by atoms with E-state index in [9.17, 15) is 0 Å². The number of fused-ring (bicyclic) bond motifs is 9. The molecule has 272 valence electrons. The number of hydrogen-bond acceptors (Lipinski definition) is 4. The summed E-state index contributed by atoms with van der Waals surface area (Å²) in [6.07, 6.45) is 0. The molecule has 0 atom stereocenters. The summed E-state index contributed by atoms with van der Waals surface area (Å²) in [6, 6.07) is 72.4. The average molecular weight is 776 g/mol. The van der Waals surface area contributed by atoms with Gasteiger partial charge in [-0.1, -0.05) is 164 Å². The molecule has 0 spiro atoms. The highest BCUT2D eigenvalue weighted by atomic mass is 32.1. The van der Waals surface area contributed by atoms with Gasteiger partial charge < -0.3 is 9.32 Å². The largest absolute Gasteiger partial charge is 0.454 e. The second kappa shape index (κ2) is 13.3. The van der Waals surface area contributed by atoms with Crippen LogP contribution in [0.15, 0.2) is 205 Å². The third-order valence-corrected chi connectivity index (χ3v) is 14.0. The maximum atomic E-state index is 6.73. The van der Waals surface area contributed by atoms with Crippen LogP contribution in [0.3, 0.4) is 0 Å². The molecule has 0 saturated heterocycles. The standard InChI is InChI=1S/C54H33NOS2/c1-3-14-34(15-4-1)39-20-9-23-43-44-24-12-27-47(54(44)58-52(39)43)55(46-26-11-22-42-41-18-7-8-28-48(41)56-51(42)46)37-32-30-36(31-33-37)38-19-13-29-49-50(38)45-25-10-21-40(53(45)57-49)35-16-5-2-6-17-35/h1-33H. The smallest absolute Gasteiger partial charge is 0.159 e. The molecular weight excluding hydrogens is 743 g/mol. The quantitative estimate of drug-likeness (QED) is 0.167. The molecule has 0 radical (unpaired) electrons. The Morgan fingerprint density at radius 3 is 1.62 bits per heavy atom. The average Bonchev–Trinajstić information content (AvgIpc) is 4.00. The van der Waals surface area contributed by atoms with Crippen LogP contribution in [0.4, 0.5) is 17.1 Å². The molecule has 0 fully saturated rings. The molecule has 0 amide bonds. The number of benzene rings is 9. The van der Waals surface area contributed by atoms with Crippen LogP contribution in [-0.4, -0.2) is 0 Å². The summed E-state index contributed by atoms with van der Waals surface area (Å²) in [4.78, 5) is 2.40. The number of para-hydroxylation sites is 2. The van der Waals surface area contributed by atoms with Crippen LogP contribution >= 0.6 is 22.7 Å². The summed E-state index contributed by atoms with van der Waals surface area (Å²) >= 11 is 3.75. The van der Waals surface area contributed by atoms with Crippen LogP contribution in [0.1, 0.15) is 0 Å². The van der Waals surface area contributed by atoms with Gasteiger partial charge in [-0.15, -0.1) is 22.7 Å². The Kier molecular flexibility index (Phi) is 7.62. The van der Waals surface area contributed by atoms with Gasteiger partial charge in [-0.25, -0.2) is 0 Å². The molecule has 12 aromatic rings. The number of rotatable bonds is 6. The van der Waals surface area contributed by atoms with Crippen molar-refractivity contribution in [1.29, 1.82) is 0 Å². The zero-order valence-corrected chi connectivity index (χ0v) is 32.9. The zero-order valence-electron chi connectivity index (χ0n) is 31.2. The van der Waals surface area contributed by atoms with Crippen LogP contribution in [0.2, 0.25) is 0 Å². The Morgan fingerprint density at radius 2 is 0.879 bits per heavy atom. The fourth-order valence-electron chi connectivity index (χ4n) is 8.87. The molecule has 58 heavy (non-hydrogen) atoms. The minimum Gasteiger partial charge on any atom is -0.454 e. The van der Waals surface area contributed by atoms with E-state index < -0.39 is 0 Å². The molecular formula is C54H33NOS2. The normalized spacial score (nSPS) is 11.8. The van der Waals surface area contributed by atoms with Crippen LogP contribution in [0.25, 0.3) is 95.7 Å². The van der Waals surface area contributed by atoms with E-state index in [0.29, 0.717) is 0 Å². The Balaban J connectivity index is 1.06. The van der Waals surface area contributed by atoms with Crippen molar-refractivity contribution in [3.05, 3.63) is 200 Å². The third-order valence-electron chi connectivity index (χ3n) is 11.5. The van der Waals surface area contributed by atoms with Gasteiger partial charge in [-0.05, 0) is 69.8 Å². The molecule has 4 heteroatoms. The molecule has 9 aromatic carbocycles. The van der Waals surface area contributed by atoms with Gasteiger partial charge in [-0.3, -0.25) is 0 Å². The summed E-state index contributed by atoms with van der Waals surface area (Å²) in [5.41, 5.74) is 12.4. The number of anilines is 3. The zero-order chi connectivity index (χ0) is 38.2. The van der Waals surface area contributed by atoms with Gasteiger partial charge in [0.05, 0.1) is 16.1 Å². The summed E-state index contributed by atoms with van der Waals surface area (Å²) in [7, 11) is 0. The van der Waals surface area contributed by atoms with Crippen molar-refractivity contribution >= 4 is 102 Å². The van der Waals surface area contributed by atoms with Gasteiger partial charge >= 0.3 is 0 Å². The first kappa shape index (κ1) is 33.2. The van der Waals surface area contributed by atoms with E-state index >= 15 is 0 Å². The van der Waals surface area contributed by atoms with Crippen molar-refractivity contribution in [3.63, 3.8) is 0 Å². The van der Waals surface area contributed by atoms with E-state index in [4.69, 9.17) is 4.42 Å². The second-order valence-electron chi connectivity index (χ2n) is 14.8. The summed E-state index contributed by atoms with van der Waals surface area (Å²) in [5.74, 6) is 0. The molecule has 12 rings (SSSR count). The Labute approximate surface area is 343 Å². The number of furan rings is 1. The molecule has 0 unspecified atom stereocenters. The first-order valence-corrected chi connectivity index (χ1v) is 21.2. The van der Waals surface area contributed by atoms with Crippen molar-refractivity contribution in [2.24, 2.45) is 0 Å². The molecule has 3 aromatic heterocycles. The van der Waals surface area contributed by atoms with E-state index in [1.807, 2.05) is 28.7 Å². The van der Waals surface area contributed by atoms with Crippen LogP contribution in [-0.2, 0) is 0 Å². The number of hydrogen-bond donors (Lipinski definition) is 0. The van der Waals surface area contributed by atoms with Crippen molar-refractivity contribution in [3.8, 4) is 33.4 Å². The Bertz CT molecular complexity index is 3500. The lowest BCUT2D eigenvalue weighted by Gasteiger charge is -2.26. The fourth-order valence-corrected chi connectivity index (χ4v) is 11.5. The number of nitrogens with zero attached hydrogens (tertiary/aromatic N) is 1. The lowest BCUT2D eigenvalue weighted by Crippen LogP contribution is -2.10. The Hall–Kier alpha value is -6.98. The minimum atomic E-state index is 0.875. The summed E-state index contributed by atoms with van der Waals surface area (Å²) in [6.45, 7) is 0. The molecule has 0 aliphatic heterocycles. The van der Waals surface area contributed by atoms with Gasteiger partial charge in [0, 0.05) is 52.1 Å². The molecule has 0 saturated carbocycles. The summed E-state index contributed by atoms with van der Waals surface area (Å²) < 4.78 is 11.9. The van der Waals surface area contributed by atoms with Gasteiger partial charge in [0.1, 0.15) is 5.58 Å². The maximum absolute atomic E-state index is 6.73. The van der Waals surface area contributed by atoms with Crippen LogP contribution < -0.4 is 4.90 Å². The van der Waals surface area contributed by atoms with Gasteiger partial charge in [0.15, 0.2) is 5.58 Å². The molecule has 0 N–H and O–H groups in total. The first-order chi connectivity index (χ1) is 28.8.